The van der Waals surface area contributed by atoms with Gasteiger partial charge in [0, 0.05) is 28.3 Å². The van der Waals surface area contributed by atoms with E-state index in [0.717, 1.165) is 12.8 Å². The lowest BCUT2D eigenvalue weighted by atomic mass is 10.1. The molecule has 4 nitrogen and oxygen atoms in total. The highest BCUT2D eigenvalue weighted by Crippen LogP contribution is 2.11. The van der Waals surface area contributed by atoms with Crippen molar-refractivity contribution in [3.63, 3.8) is 0 Å². The van der Waals surface area contributed by atoms with Gasteiger partial charge in [-0.3, -0.25) is 9.00 Å². The molecule has 1 aromatic rings. The van der Waals surface area contributed by atoms with Gasteiger partial charge in [0.2, 0.25) is 0 Å². The molecule has 1 aliphatic heterocycles. The number of hydrogen-bond acceptors (Lipinski definition) is 3. The SMILES string of the molecule is O=C(NC1CCS(=O)CC1)c1cccc(Br)n1. The Labute approximate surface area is 111 Å². The maximum atomic E-state index is 11.9. The van der Waals surface area contributed by atoms with Crippen molar-refractivity contribution in [2.24, 2.45) is 0 Å². The van der Waals surface area contributed by atoms with Crippen LogP contribution in [0.5, 0.6) is 0 Å². The topological polar surface area (TPSA) is 59.1 Å². The minimum Gasteiger partial charge on any atom is -0.348 e. The van der Waals surface area contributed by atoms with Gasteiger partial charge in [0.05, 0.1) is 0 Å². The molecule has 1 amide bonds. The van der Waals surface area contributed by atoms with E-state index in [0.29, 0.717) is 21.8 Å². The van der Waals surface area contributed by atoms with Crippen LogP contribution in [0.3, 0.4) is 0 Å². The molecule has 0 spiro atoms. The number of carbonyl (C=O) groups is 1. The van der Waals surface area contributed by atoms with Gasteiger partial charge >= 0.3 is 0 Å². The van der Waals surface area contributed by atoms with Gasteiger partial charge in [-0.05, 0) is 40.9 Å². The molecule has 1 saturated heterocycles. The third-order valence-corrected chi connectivity index (χ3v) is 4.49. The lowest BCUT2D eigenvalue weighted by Crippen LogP contribution is -2.39. The second kappa shape index (κ2) is 5.73. The van der Waals surface area contributed by atoms with E-state index in [1.54, 1.807) is 18.2 Å². The fourth-order valence-electron chi connectivity index (χ4n) is 1.73. The highest BCUT2D eigenvalue weighted by atomic mass is 79.9. The van der Waals surface area contributed by atoms with Gasteiger partial charge in [-0.15, -0.1) is 0 Å². The van der Waals surface area contributed by atoms with Gasteiger partial charge in [0.1, 0.15) is 10.3 Å². The van der Waals surface area contributed by atoms with E-state index in [1.165, 1.54) is 0 Å². The van der Waals surface area contributed by atoms with Crippen LogP contribution in [0, 0.1) is 0 Å². The van der Waals surface area contributed by atoms with Crippen molar-refractivity contribution < 1.29 is 9.00 Å². The molecule has 17 heavy (non-hydrogen) atoms. The number of rotatable bonds is 2. The van der Waals surface area contributed by atoms with Crippen LogP contribution in [0.2, 0.25) is 0 Å². The number of carbonyl (C=O) groups excluding carboxylic acids is 1. The number of hydrogen-bond donors (Lipinski definition) is 1. The number of pyridine rings is 1. The molecule has 1 aliphatic rings. The molecule has 1 N–H and O–H groups in total. The molecule has 0 atom stereocenters. The van der Waals surface area contributed by atoms with Crippen molar-refractivity contribution in [3.8, 4) is 0 Å². The molecule has 0 aliphatic carbocycles. The summed E-state index contributed by atoms with van der Waals surface area (Å²) in [7, 11) is -0.698. The highest BCUT2D eigenvalue weighted by Gasteiger charge is 2.20. The van der Waals surface area contributed by atoms with Crippen LogP contribution in [0.15, 0.2) is 22.8 Å². The number of aromatic nitrogens is 1. The van der Waals surface area contributed by atoms with Crippen LogP contribution < -0.4 is 5.32 Å². The number of nitrogens with one attached hydrogen (secondary N) is 1. The maximum absolute atomic E-state index is 11.9. The van der Waals surface area contributed by atoms with Gasteiger partial charge in [-0.2, -0.15) is 0 Å². The Morgan fingerprint density at radius 1 is 1.41 bits per heavy atom. The maximum Gasteiger partial charge on any atom is 0.270 e. The molecule has 0 unspecified atom stereocenters. The van der Waals surface area contributed by atoms with Crippen LogP contribution >= 0.6 is 15.9 Å². The predicted molar refractivity (Wildman–Crippen MR) is 70.3 cm³/mol. The fourth-order valence-corrected chi connectivity index (χ4v) is 3.37. The molecule has 0 radical (unpaired) electrons. The fraction of sp³-hybridized carbons (Fsp3) is 0.455. The zero-order valence-corrected chi connectivity index (χ0v) is 11.6. The lowest BCUT2D eigenvalue weighted by Gasteiger charge is -2.22. The van der Waals surface area contributed by atoms with Crippen LogP contribution in [0.1, 0.15) is 23.3 Å². The quantitative estimate of drug-likeness (QED) is 0.841. The number of amides is 1. The summed E-state index contributed by atoms with van der Waals surface area (Å²) in [6.07, 6.45) is 1.57. The average molecular weight is 317 g/mol. The summed E-state index contributed by atoms with van der Waals surface area (Å²) in [6.45, 7) is 0. The van der Waals surface area contributed by atoms with Gasteiger partial charge < -0.3 is 5.32 Å². The second-order valence-electron chi connectivity index (χ2n) is 3.94. The molecule has 0 saturated carbocycles. The Bertz CT molecular complexity index is 443. The third kappa shape index (κ3) is 3.61. The van der Waals surface area contributed by atoms with Crippen LogP contribution in [0.25, 0.3) is 0 Å². The third-order valence-electron chi connectivity index (χ3n) is 2.67. The first-order valence-corrected chi connectivity index (χ1v) is 7.71. The standard InChI is InChI=1S/C11H13BrN2O2S/c12-10-3-1-2-9(14-10)11(15)13-8-4-6-17(16)7-5-8/h1-3,8H,4-7H2,(H,13,15). The van der Waals surface area contributed by atoms with Crippen molar-refractivity contribution in [3.05, 3.63) is 28.5 Å². The first-order chi connectivity index (χ1) is 8.15. The molecule has 0 bridgehead atoms. The molecule has 6 heteroatoms. The van der Waals surface area contributed by atoms with E-state index < -0.39 is 10.8 Å². The molecular weight excluding hydrogens is 304 g/mol. The van der Waals surface area contributed by atoms with Crippen LogP contribution in [0.4, 0.5) is 0 Å². The first-order valence-electron chi connectivity index (χ1n) is 5.43. The number of nitrogens with zero attached hydrogens (tertiary/aromatic N) is 1. The Hall–Kier alpha value is -0.750. The van der Waals surface area contributed by atoms with E-state index >= 15 is 0 Å². The van der Waals surface area contributed by atoms with Gasteiger partial charge in [0.25, 0.3) is 5.91 Å². The number of halogens is 1. The highest BCUT2D eigenvalue weighted by molar-refractivity contribution is 9.10. The zero-order chi connectivity index (χ0) is 12.3. The van der Waals surface area contributed by atoms with E-state index in [2.05, 4.69) is 26.2 Å². The summed E-state index contributed by atoms with van der Waals surface area (Å²) < 4.78 is 11.8. The summed E-state index contributed by atoms with van der Waals surface area (Å²) in [4.78, 5) is 16.0. The summed E-state index contributed by atoms with van der Waals surface area (Å²) in [5, 5.41) is 2.93. The van der Waals surface area contributed by atoms with E-state index in [4.69, 9.17) is 0 Å². The van der Waals surface area contributed by atoms with E-state index in [-0.39, 0.29) is 11.9 Å². The van der Waals surface area contributed by atoms with Crippen molar-refractivity contribution >= 4 is 32.6 Å². The van der Waals surface area contributed by atoms with Crippen molar-refractivity contribution in [2.75, 3.05) is 11.5 Å². The Morgan fingerprint density at radius 2 is 2.12 bits per heavy atom. The average Bonchev–Trinajstić information content (AvgIpc) is 2.32. The predicted octanol–water partition coefficient (Wildman–Crippen LogP) is 1.48. The van der Waals surface area contributed by atoms with Crippen molar-refractivity contribution in [2.45, 2.75) is 18.9 Å². The second-order valence-corrected chi connectivity index (χ2v) is 6.45. The summed E-state index contributed by atoms with van der Waals surface area (Å²) in [5.74, 6) is 1.19. The molecule has 2 heterocycles. The molecule has 92 valence electrons. The van der Waals surface area contributed by atoms with Crippen molar-refractivity contribution in [1.29, 1.82) is 0 Å². The van der Waals surface area contributed by atoms with Gasteiger partial charge in [0.15, 0.2) is 0 Å². The largest absolute Gasteiger partial charge is 0.348 e. The molecule has 1 aromatic heterocycles. The Balaban J connectivity index is 1.95. The Morgan fingerprint density at radius 3 is 2.76 bits per heavy atom. The lowest BCUT2D eigenvalue weighted by molar-refractivity contribution is 0.0929. The molecule has 0 aromatic carbocycles. The van der Waals surface area contributed by atoms with Gasteiger partial charge in [-0.25, -0.2) is 4.98 Å². The monoisotopic (exact) mass is 316 g/mol. The molecular formula is C11H13BrN2O2S. The summed E-state index contributed by atoms with van der Waals surface area (Å²) >= 11 is 3.23. The van der Waals surface area contributed by atoms with E-state index in [1.807, 2.05) is 0 Å². The minimum atomic E-state index is -0.698. The summed E-state index contributed by atoms with van der Waals surface area (Å²) in [5.41, 5.74) is 0.408. The Kier molecular flexibility index (Phi) is 4.28. The van der Waals surface area contributed by atoms with Crippen LogP contribution in [-0.4, -0.2) is 32.6 Å². The molecule has 1 fully saturated rings. The van der Waals surface area contributed by atoms with Crippen molar-refractivity contribution in [1.82, 2.24) is 10.3 Å². The van der Waals surface area contributed by atoms with Gasteiger partial charge in [-0.1, -0.05) is 6.07 Å². The molecule has 2 rings (SSSR count). The smallest absolute Gasteiger partial charge is 0.270 e. The first kappa shape index (κ1) is 12.7. The van der Waals surface area contributed by atoms with E-state index in [9.17, 15) is 9.00 Å². The van der Waals surface area contributed by atoms with Crippen LogP contribution in [-0.2, 0) is 10.8 Å². The minimum absolute atomic E-state index is 0.126. The summed E-state index contributed by atoms with van der Waals surface area (Å²) in [6, 6.07) is 5.37. The normalized spacial score (nSPS) is 24.3. The zero-order valence-electron chi connectivity index (χ0n) is 9.19.